The zero-order valence-corrected chi connectivity index (χ0v) is 15.7. The van der Waals surface area contributed by atoms with E-state index in [0.717, 1.165) is 31.5 Å². The lowest BCUT2D eigenvalue weighted by Crippen LogP contribution is -2.41. The lowest BCUT2D eigenvalue weighted by atomic mass is 10.1. The molecule has 136 valence electrons. The number of hydrogen-bond donors (Lipinski definition) is 1. The van der Waals surface area contributed by atoms with E-state index >= 15 is 0 Å². The van der Waals surface area contributed by atoms with E-state index in [4.69, 9.17) is 0 Å². The summed E-state index contributed by atoms with van der Waals surface area (Å²) in [5.74, 6) is 0.904. The molecule has 1 aliphatic carbocycles. The van der Waals surface area contributed by atoms with Gasteiger partial charge in [0.2, 0.25) is 0 Å². The van der Waals surface area contributed by atoms with Crippen molar-refractivity contribution in [3.8, 4) is 0 Å². The van der Waals surface area contributed by atoms with Crippen LogP contribution in [0.1, 0.15) is 53.3 Å². The molecule has 0 spiro atoms. The number of likely N-dealkylation sites (tertiary alicyclic amines) is 1. The maximum Gasteiger partial charge on any atom is 0.263 e. The summed E-state index contributed by atoms with van der Waals surface area (Å²) in [4.78, 5) is 35.1. The van der Waals surface area contributed by atoms with Crippen LogP contribution in [-0.4, -0.2) is 39.1 Å². The predicted octanol–water partition coefficient (Wildman–Crippen LogP) is 3.35. The highest BCUT2D eigenvalue weighted by molar-refractivity contribution is 8.00. The Hall–Kier alpha value is -2.08. The number of aromatic amines is 1. The van der Waals surface area contributed by atoms with Gasteiger partial charge < -0.3 is 9.88 Å². The first-order valence-corrected chi connectivity index (χ1v) is 10.1. The summed E-state index contributed by atoms with van der Waals surface area (Å²) in [6, 6.07) is 8.57. The van der Waals surface area contributed by atoms with Crippen LogP contribution in [0, 0.1) is 6.92 Å². The van der Waals surface area contributed by atoms with Gasteiger partial charge in [-0.05, 0) is 44.7 Å². The number of rotatable bonds is 4. The van der Waals surface area contributed by atoms with E-state index < -0.39 is 0 Å². The highest BCUT2D eigenvalue weighted by Gasteiger charge is 2.29. The molecule has 2 aliphatic rings. The Bertz CT molecular complexity index is 850. The van der Waals surface area contributed by atoms with Crippen LogP contribution < -0.4 is 5.56 Å². The first kappa shape index (κ1) is 17.3. The maximum atomic E-state index is 12.7. The molecule has 0 atom stereocenters. The number of hydrogen-bond acceptors (Lipinski definition) is 4. The summed E-state index contributed by atoms with van der Waals surface area (Å²) in [7, 11) is 0. The van der Waals surface area contributed by atoms with Gasteiger partial charge in [0.05, 0.1) is 0 Å². The third kappa shape index (κ3) is 3.85. The Labute approximate surface area is 157 Å². The van der Waals surface area contributed by atoms with Gasteiger partial charge in [-0.15, -0.1) is 11.8 Å². The molecule has 1 saturated carbocycles. The van der Waals surface area contributed by atoms with Gasteiger partial charge in [0.15, 0.2) is 0 Å². The highest BCUT2D eigenvalue weighted by Crippen LogP contribution is 2.37. The van der Waals surface area contributed by atoms with Gasteiger partial charge in [-0.1, -0.05) is 17.7 Å². The third-order valence-corrected chi connectivity index (χ3v) is 6.42. The normalized spacial score (nSPS) is 18.1. The van der Waals surface area contributed by atoms with Gasteiger partial charge in [0.1, 0.15) is 11.4 Å². The fourth-order valence-corrected chi connectivity index (χ4v) is 4.41. The Morgan fingerprint density at radius 2 is 1.85 bits per heavy atom. The van der Waals surface area contributed by atoms with Crippen LogP contribution in [-0.2, 0) is 0 Å². The van der Waals surface area contributed by atoms with Gasteiger partial charge in [-0.25, -0.2) is 4.98 Å². The molecule has 2 aromatic rings. The van der Waals surface area contributed by atoms with Crippen molar-refractivity contribution < 1.29 is 4.79 Å². The second-order valence-corrected chi connectivity index (χ2v) is 8.58. The van der Waals surface area contributed by atoms with Crippen LogP contribution in [0.3, 0.4) is 0 Å². The molecule has 0 radical (unpaired) electrons. The molecule has 1 aliphatic heterocycles. The third-order valence-electron chi connectivity index (χ3n) is 5.07. The Morgan fingerprint density at radius 1 is 1.15 bits per heavy atom. The number of benzene rings is 1. The predicted molar refractivity (Wildman–Crippen MR) is 103 cm³/mol. The van der Waals surface area contributed by atoms with E-state index in [1.807, 2.05) is 11.8 Å². The number of piperidine rings is 1. The van der Waals surface area contributed by atoms with E-state index in [0.29, 0.717) is 24.3 Å². The number of aryl methyl sites for hydroxylation is 1. The molecule has 1 N–H and O–H groups in total. The Kier molecular flexibility index (Phi) is 4.85. The van der Waals surface area contributed by atoms with Crippen molar-refractivity contribution in [2.24, 2.45) is 0 Å². The Balaban J connectivity index is 1.36. The number of carbonyl (C=O) groups excluding carboxylic acids is 1. The van der Waals surface area contributed by atoms with Crippen molar-refractivity contribution in [3.63, 3.8) is 0 Å². The van der Waals surface area contributed by atoms with Crippen molar-refractivity contribution in [1.29, 1.82) is 0 Å². The fraction of sp³-hybridized carbons (Fsp3) is 0.450. The van der Waals surface area contributed by atoms with E-state index in [2.05, 4.69) is 41.2 Å². The molecule has 2 fully saturated rings. The lowest BCUT2D eigenvalue weighted by Gasteiger charge is -2.31. The molecule has 1 amide bonds. The molecule has 26 heavy (non-hydrogen) atoms. The smallest absolute Gasteiger partial charge is 0.263 e. The average Bonchev–Trinajstić information content (AvgIpc) is 3.49. The summed E-state index contributed by atoms with van der Waals surface area (Å²) in [6.45, 7) is 3.46. The topological polar surface area (TPSA) is 66.1 Å². The average molecular weight is 369 g/mol. The number of thioether (sulfide) groups is 1. The minimum atomic E-state index is -0.303. The molecular weight excluding hydrogens is 346 g/mol. The van der Waals surface area contributed by atoms with Crippen LogP contribution in [0.4, 0.5) is 0 Å². The highest BCUT2D eigenvalue weighted by atomic mass is 32.2. The zero-order chi connectivity index (χ0) is 18.1. The summed E-state index contributed by atoms with van der Waals surface area (Å²) in [6.07, 6.45) is 5.48. The van der Waals surface area contributed by atoms with Crippen LogP contribution >= 0.6 is 11.8 Å². The lowest BCUT2D eigenvalue weighted by molar-refractivity contribution is 0.0725. The first-order valence-electron chi connectivity index (χ1n) is 9.22. The number of nitrogens with zero attached hydrogens (tertiary/aromatic N) is 2. The number of carbonyl (C=O) groups is 1. The quantitative estimate of drug-likeness (QED) is 0.897. The summed E-state index contributed by atoms with van der Waals surface area (Å²) >= 11 is 1.88. The number of H-pyrrole nitrogens is 1. The first-order chi connectivity index (χ1) is 12.6. The largest absolute Gasteiger partial charge is 0.338 e. The summed E-state index contributed by atoms with van der Waals surface area (Å²) in [5, 5.41) is 0.510. The molecule has 1 aromatic heterocycles. The van der Waals surface area contributed by atoms with Crippen molar-refractivity contribution in [1.82, 2.24) is 14.9 Å². The maximum absolute atomic E-state index is 12.7. The SMILES string of the molecule is Cc1ccc(SC2CCN(C(=O)c3cnc(C4CC4)[nH]c3=O)CC2)cc1. The van der Waals surface area contributed by atoms with Gasteiger partial charge in [-0.3, -0.25) is 9.59 Å². The fourth-order valence-electron chi connectivity index (χ4n) is 3.28. The monoisotopic (exact) mass is 369 g/mol. The molecule has 2 heterocycles. The van der Waals surface area contributed by atoms with E-state index in [-0.39, 0.29) is 17.0 Å². The number of aromatic nitrogens is 2. The van der Waals surface area contributed by atoms with Crippen LogP contribution in [0.15, 0.2) is 40.2 Å². The van der Waals surface area contributed by atoms with Gasteiger partial charge in [0.25, 0.3) is 11.5 Å². The van der Waals surface area contributed by atoms with E-state index in [9.17, 15) is 9.59 Å². The summed E-state index contributed by atoms with van der Waals surface area (Å²) in [5.41, 5.74) is 1.13. The Morgan fingerprint density at radius 3 is 2.46 bits per heavy atom. The van der Waals surface area contributed by atoms with Crippen molar-refractivity contribution in [3.05, 3.63) is 57.8 Å². The van der Waals surface area contributed by atoms with E-state index in [1.165, 1.54) is 16.7 Å². The van der Waals surface area contributed by atoms with Crippen LogP contribution in [0.2, 0.25) is 0 Å². The molecule has 0 bridgehead atoms. The second kappa shape index (κ2) is 7.27. The van der Waals surface area contributed by atoms with Crippen molar-refractivity contribution >= 4 is 17.7 Å². The van der Waals surface area contributed by atoms with Gasteiger partial charge in [0, 0.05) is 35.3 Å². The molecule has 0 unspecified atom stereocenters. The van der Waals surface area contributed by atoms with Crippen molar-refractivity contribution in [2.75, 3.05) is 13.1 Å². The second-order valence-electron chi connectivity index (χ2n) is 7.21. The van der Waals surface area contributed by atoms with Gasteiger partial charge in [-0.2, -0.15) is 0 Å². The molecule has 5 nitrogen and oxygen atoms in total. The molecule has 1 aromatic carbocycles. The van der Waals surface area contributed by atoms with Crippen LogP contribution in [0.5, 0.6) is 0 Å². The minimum Gasteiger partial charge on any atom is -0.338 e. The summed E-state index contributed by atoms with van der Waals surface area (Å²) < 4.78 is 0. The minimum absolute atomic E-state index is 0.166. The molecule has 4 rings (SSSR count). The molecule has 1 saturated heterocycles. The number of nitrogens with one attached hydrogen (secondary N) is 1. The zero-order valence-electron chi connectivity index (χ0n) is 14.9. The van der Waals surface area contributed by atoms with Crippen LogP contribution in [0.25, 0.3) is 0 Å². The number of amides is 1. The van der Waals surface area contributed by atoms with Crippen molar-refractivity contribution in [2.45, 2.75) is 48.7 Å². The van der Waals surface area contributed by atoms with E-state index in [1.54, 1.807) is 4.90 Å². The molecular formula is C20H23N3O2S. The standard InChI is InChI=1S/C20H23N3O2S/c1-13-2-6-15(7-3-13)26-16-8-10-23(11-9-16)20(25)17-12-21-18(14-4-5-14)22-19(17)24/h2-3,6-7,12,14,16H,4-5,8-11H2,1H3,(H,21,22,24). The van der Waals surface area contributed by atoms with Gasteiger partial charge >= 0.3 is 0 Å². The molecule has 6 heteroatoms.